The molecule has 0 radical (unpaired) electrons. The third-order valence-electron chi connectivity index (χ3n) is 4.75. The minimum absolute atomic E-state index is 0.108. The van der Waals surface area contributed by atoms with Crippen LogP contribution in [0.1, 0.15) is 40.4 Å². The second-order valence-corrected chi connectivity index (χ2v) is 6.92. The molecule has 2 aromatic rings. The van der Waals surface area contributed by atoms with E-state index < -0.39 is 0 Å². The van der Waals surface area contributed by atoms with Crippen LogP contribution in [-0.4, -0.2) is 25.2 Å². The standard InChI is InChI=1S/C21H23NO4/c1-13-8-19-20(25-7-3-6-24-19)11-17(13)21(23)22-12-15-4-5-18-16(10-15)9-14(2)26-18/h4-5,8,10-11,14H,3,6-7,9,12H2,1-2H3,(H,22,23)/t14-/m1/s1. The van der Waals surface area contributed by atoms with E-state index in [4.69, 9.17) is 14.2 Å². The van der Waals surface area contributed by atoms with E-state index in [0.717, 1.165) is 29.7 Å². The quantitative estimate of drug-likeness (QED) is 0.919. The SMILES string of the molecule is Cc1cc2c(cc1C(=O)NCc1ccc3c(c1)C[C@@H](C)O3)OCCCO2. The molecule has 1 atom stereocenters. The van der Waals surface area contributed by atoms with E-state index in [2.05, 4.69) is 18.3 Å². The van der Waals surface area contributed by atoms with Crippen LogP contribution in [0.3, 0.4) is 0 Å². The lowest BCUT2D eigenvalue weighted by atomic mass is 10.1. The summed E-state index contributed by atoms with van der Waals surface area (Å²) in [5.74, 6) is 2.20. The van der Waals surface area contributed by atoms with Gasteiger partial charge in [-0.15, -0.1) is 0 Å². The summed E-state index contributed by atoms with van der Waals surface area (Å²) in [5, 5.41) is 3.00. The van der Waals surface area contributed by atoms with Crippen LogP contribution in [-0.2, 0) is 13.0 Å². The third kappa shape index (κ3) is 3.34. The molecule has 0 bridgehead atoms. The maximum atomic E-state index is 12.7. The molecule has 0 fully saturated rings. The summed E-state index contributed by atoms with van der Waals surface area (Å²) in [5.41, 5.74) is 3.77. The van der Waals surface area contributed by atoms with E-state index in [9.17, 15) is 4.79 Å². The Morgan fingerprint density at radius 1 is 1.12 bits per heavy atom. The lowest BCUT2D eigenvalue weighted by Crippen LogP contribution is -2.23. The number of hydrogen-bond acceptors (Lipinski definition) is 4. The van der Waals surface area contributed by atoms with Crippen LogP contribution in [0.4, 0.5) is 0 Å². The molecule has 2 aliphatic heterocycles. The van der Waals surface area contributed by atoms with Gasteiger partial charge in [-0.3, -0.25) is 4.79 Å². The van der Waals surface area contributed by atoms with Gasteiger partial charge in [-0.2, -0.15) is 0 Å². The molecule has 5 heteroatoms. The van der Waals surface area contributed by atoms with Crippen LogP contribution < -0.4 is 19.5 Å². The van der Waals surface area contributed by atoms with Gasteiger partial charge in [0.15, 0.2) is 11.5 Å². The predicted octanol–water partition coefficient (Wildman–Crippen LogP) is 3.41. The van der Waals surface area contributed by atoms with Crippen molar-refractivity contribution >= 4 is 5.91 Å². The number of rotatable bonds is 3. The minimum Gasteiger partial charge on any atom is -0.490 e. The first-order valence-electron chi connectivity index (χ1n) is 9.07. The second kappa shape index (κ2) is 6.90. The van der Waals surface area contributed by atoms with E-state index in [1.165, 1.54) is 5.56 Å². The first-order chi connectivity index (χ1) is 12.6. The van der Waals surface area contributed by atoms with E-state index in [1.807, 2.05) is 25.1 Å². The molecule has 0 saturated carbocycles. The molecule has 2 aromatic carbocycles. The van der Waals surface area contributed by atoms with Gasteiger partial charge >= 0.3 is 0 Å². The summed E-state index contributed by atoms with van der Waals surface area (Å²) in [4.78, 5) is 12.7. The summed E-state index contributed by atoms with van der Waals surface area (Å²) < 4.78 is 17.1. The highest BCUT2D eigenvalue weighted by atomic mass is 16.5. The van der Waals surface area contributed by atoms with Gasteiger partial charge in [-0.1, -0.05) is 12.1 Å². The van der Waals surface area contributed by atoms with E-state index in [-0.39, 0.29) is 12.0 Å². The third-order valence-corrected chi connectivity index (χ3v) is 4.75. The number of aryl methyl sites for hydroxylation is 1. The zero-order valence-electron chi connectivity index (χ0n) is 15.1. The Morgan fingerprint density at radius 3 is 2.69 bits per heavy atom. The number of nitrogens with one attached hydrogen (secondary N) is 1. The van der Waals surface area contributed by atoms with Crippen molar-refractivity contribution in [3.8, 4) is 17.2 Å². The second-order valence-electron chi connectivity index (χ2n) is 6.92. The van der Waals surface area contributed by atoms with Crippen LogP contribution >= 0.6 is 0 Å². The first kappa shape index (κ1) is 16.8. The number of hydrogen-bond donors (Lipinski definition) is 1. The zero-order chi connectivity index (χ0) is 18.1. The Morgan fingerprint density at radius 2 is 1.88 bits per heavy atom. The number of amides is 1. The maximum absolute atomic E-state index is 12.7. The van der Waals surface area contributed by atoms with Crippen LogP contribution in [0.15, 0.2) is 30.3 Å². The van der Waals surface area contributed by atoms with Crippen molar-refractivity contribution in [3.05, 3.63) is 52.6 Å². The predicted molar refractivity (Wildman–Crippen MR) is 98.2 cm³/mol. The molecule has 4 rings (SSSR count). The van der Waals surface area contributed by atoms with E-state index in [0.29, 0.717) is 36.8 Å². The van der Waals surface area contributed by atoms with Gasteiger partial charge in [0.2, 0.25) is 0 Å². The largest absolute Gasteiger partial charge is 0.490 e. The summed E-state index contributed by atoms with van der Waals surface area (Å²) in [7, 11) is 0. The van der Waals surface area contributed by atoms with Crippen LogP contribution in [0.5, 0.6) is 17.2 Å². The lowest BCUT2D eigenvalue weighted by molar-refractivity contribution is 0.0950. The molecule has 0 unspecified atom stereocenters. The minimum atomic E-state index is -0.108. The summed E-state index contributed by atoms with van der Waals surface area (Å²) in [6.07, 6.45) is 1.98. The van der Waals surface area contributed by atoms with Gasteiger partial charge in [-0.05, 0) is 48.7 Å². The molecular weight excluding hydrogens is 330 g/mol. The fourth-order valence-corrected chi connectivity index (χ4v) is 3.42. The van der Waals surface area contributed by atoms with Crippen LogP contribution in [0, 0.1) is 6.92 Å². The smallest absolute Gasteiger partial charge is 0.251 e. The molecule has 136 valence electrons. The van der Waals surface area contributed by atoms with Crippen LogP contribution in [0.25, 0.3) is 0 Å². The maximum Gasteiger partial charge on any atom is 0.251 e. The van der Waals surface area contributed by atoms with Gasteiger partial charge in [0, 0.05) is 24.9 Å². The number of carbonyl (C=O) groups is 1. The van der Waals surface area contributed by atoms with E-state index >= 15 is 0 Å². The van der Waals surface area contributed by atoms with Crippen LogP contribution in [0.2, 0.25) is 0 Å². The van der Waals surface area contributed by atoms with Gasteiger partial charge in [0.05, 0.1) is 13.2 Å². The Balaban J connectivity index is 1.47. The number of ether oxygens (including phenoxy) is 3. The van der Waals surface area contributed by atoms with Crippen molar-refractivity contribution in [2.45, 2.75) is 39.3 Å². The Labute approximate surface area is 153 Å². The normalized spacial score (nSPS) is 17.8. The van der Waals surface area contributed by atoms with Crippen molar-refractivity contribution in [1.82, 2.24) is 5.32 Å². The molecular formula is C21H23NO4. The monoisotopic (exact) mass is 353 g/mol. The average molecular weight is 353 g/mol. The number of benzene rings is 2. The highest BCUT2D eigenvalue weighted by Gasteiger charge is 2.20. The highest BCUT2D eigenvalue weighted by Crippen LogP contribution is 2.33. The van der Waals surface area contributed by atoms with Gasteiger partial charge in [0.1, 0.15) is 11.9 Å². The van der Waals surface area contributed by atoms with Gasteiger partial charge < -0.3 is 19.5 Å². The highest BCUT2D eigenvalue weighted by molar-refractivity contribution is 5.96. The Kier molecular flexibility index (Phi) is 4.45. The summed E-state index contributed by atoms with van der Waals surface area (Å²) >= 11 is 0. The summed E-state index contributed by atoms with van der Waals surface area (Å²) in [6.45, 7) is 5.70. The molecule has 1 N–H and O–H groups in total. The number of fused-ring (bicyclic) bond motifs is 2. The van der Waals surface area contributed by atoms with Crippen molar-refractivity contribution in [2.75, 3.05) is 13.2 Å². The average Bonchev–Trinajstić information content (AvgIpc) is 2.84. The fourth-order valence-electron chi connectivity index (χ4n) is 3.42. The van der Waals surface area contributed by atoms with Crippen molar-refractivity contribution in [2.24, 2.45) is 0 Å². The zero-order valence-corrected chi connectivity index (χ0v) is 15.1. The van der Waals surface area contributed by atoms with Crippen molar-refractivity contribution in [1.29, 1.82) is 0 Å². The molecule has 2 heterocycles. The van der Waals surface area contributed by atoms with Crippen molar-refractivity contribution < 1.29 is 19.0 Å². The first-order valence-corrected chi connectivity index (χ1v) is 9.07. The molecule has 1 amide bonds. The molecule has 26 heavy (non-hydrogen) atoms. The van der Waals surface area contributed by atoms with Gasteiger partial charge in [-0.25, -0.2) is 0 Å². The Hall–Kier alpha value is -2.69. The van der Waals surface area contributed by atoms with Gasteiger partial charge in [0.25, 0.3) is 5.91 Å². The lowest BCUT2D eigenvalue weighted by Gasteiger charge is -2.13. The molecule has 0 aliphatic carbocycles. The summed E-state index contributed by atoms with van der Waals surface area (Å²) in [6, 6.07) is 9.75. The number of carbonyl (C=O) groups excluding carboxylic acids is 1. The molecule has 5 nitrogen and oxygen atoms in total. The molecule has 0 saturated heterocycles. The molecule has 0 aromatic heterocycles. The van der Waals surface area contributed by atoms with Crippen molar-refractivity contribution in [3.63, 3.8) is 0 Å². The molecule has 0 spiro atoms. The fraction of sp³-hybridized carbons (Fsp3) is 0.381. The molecule has 2 aliphatic rings. The Bertz CT molecular complexity index is 846. The van der Waals surface area contributed by atoms with E-state index in [1.54, 1.807) is 6.07 Å². The topological polar surface area (TPSA) is 56.8 Å².